The van der Waals surface area contributed by atoms with E-state index in [9.17, 15) is 9.59 Å². The number of hydrogen-bond donors (Lipinski definition) is 4. The molecule has 9 heteroatoms. The second-order valence-corrected chi connectivity index (χ2v) is 9.21. The van der Waals surface area contributed by atoms with Crippen LogP contribution in [0.5, 0.6) is 0 Å². The number of primary amides is 1. The summed E-state index contributed by atoms with van der Waals surface area (Å²) >= 11 is 0. The standard InChI is InChI=1S/C25H33N7O2/c1-5-19(17-7-6-14(2)15(3)10-17)16(4)29-24(33)21-11-27-23-20(12-28-31-23)22(21)30-18-8-9-32(13-18)25(26)34/h6-7,10-12,16,18-19H,5,8-9,13H2,1-4H3,(H2,26,34)(H,29,33)(H2,27,28,30,31)/t16?,18-,19?/m0/s1. The van der Waals surface area contributed by atoms with E-state index in [0.717, 1.165) is 18.2 Å². The van der Waals surface area contributed by atoms with E-state index in [1.807, 2.05) is 6.92 Å². The average molecular weight is 464 g/mol. The van der Waals surface area contributed by atoms with Crippen molar-refractivity contribution in [1.82, 2.24) is 25.4 Å². The molecule has 4 rings (SSSR count). The van der Waals surface area contributed by atoms with Crippen LogP contribution in [-0.2, 0) is 0 Å². The molecule has 3 heterocycles. The summed E-state index contributed by atoms with van der Waals surface area (Å²) in [5.41, 5.74) is 10.9. The van der Waals surface area contributed by atoms with Crippen molar-refractivity contribution in [3.63, 3.8) is 0 Å². The number of hydrogen-bond acceptors (Lipinski definition) is 5. The summed E-state index contributed by atoms with van der Waals surface area (Å²) < 4.78 is 0. The molecule has 1 saturated heterocycles. The van der Waals surface area contributed by atoms with E-state index in [1.165, 1.54) is 16.7 Å². The molecule has 0 radical (unpaired) electrons. The van der Waals surface area contributed by atoms with Gasteiger partial charge in [-0.05, 0) is 50.3 Å². The Morgan fingerprint density at radius 3 is 2.74 bits per heavy atom. The Morgan fingerprint density at radius 2 is 2.06 bits per heavy atom. The van der Waals surface area contributed by atoms with Gasteiger partial charge < -0.3 is 21.3 Å². The Labute approximate surface area is 199 Å². The number of aromatic nitrogens is 3. The lowest BCUT2D eigenvalue weighted by Gasteiger charge is -2.26. The third kappa shape index (κ3) is 4.69. The summed E-state index contributed by atoms with van der Waals surface area (Å²) in [6.45, 7) is 9.46. The van der Waals surface area contributed by atoms with E-state index in [4.69, 9.17) is 5.73 Å². The molecule has 3 amide bonds. The van der Waals surface area contributed by atoms with E-state index in [0.29, 0.717) is 30.0 Å². The summed E-state index contributed by atoms with van der Waals surface area (Å²) in [5, 5.41) is 14.3. The van der Waals surface area contributed by atoms with Crippen molar-refractivity contribution >= 4 is 28.7 Å². The largest absolute Gasteiger partial charge is 0.379 e. The highest BCUT2D eigenvalue weighted by molar-refractivity contribution is 6.06. The molecule has 3 aromatic rings. The minimum absolute atomic E-state index is 0.0177. The van der Waals surface area contributed by atoms with Crippen LogP contribution in [0.4, 0.5) is 10.5 Å². The number of anilines is 1. The van der Waals surface area contributed by atoms with Crippen molar-refractivity contribution in [2.45, 2.75) is 58.5 Å². The summed E-state index contributed by atoms with van der Waals surface area (Å²) in [6, 6.07) is 5.97. The van der Waals surface area contributed by atoms with E-state index >= 15 is 0 Å². The normalized spacial score (nSPS) is 17.5. The van der Waals surface area contributed by atoms with Crippen molar-refractivity contribution in [3.05, 3.63) is 52.8 Å². The zero-order valence-corrected chi connectivity index (χ0v) is 20.2. The maximum absolute atomic E-state index is 13.5. The average Bonchev–Trinajstić information content (AvgIpc) is 3.46. The van der Waals surface area contributed by atoms with Gasteiger partial charge in [0.25, 0.3) is 5.91 Å². The number of amides is 3. The minimum Gasteiger partial charge on any atom is -0.379 e. The molecular weight excluding hydrogens is 430 g/mol. The van der Waals surface area contributed by atoms with Gasteiger partial charge in [-0.2, -0.15) is 5.10 Å². The number of nitrogens with two attached hydrogens (primary N) is 1. The number of aryl methyl sites for hydroxylation is 2. The number of fused-ring (bicyclic) bond motifs is 1. The highest BCUT2D eigenvalue weighted by atomic mass is 16.2. The smallest absolute Gasteiger partial charge is 0.314 e. The van der Waals surface area contributed by atoms with Crippen LogP contribution in [0.25, 0.3) is 11.0 Å². The van der Waals surface area contributed by atoms with Crippen molar-refractivity contribution in [3.8, 4) is 0 Å². The van der Waals surface area contributed by atoms with E-state index in [1.54, 1.807) is 17.3 Å². The number of carbonyl (C=O) groups is 2. The van der Waals surface area contributed by atoms with Crippen LogP contribution < -0.4 is 16.4 Å². The molecule has 0 bridgehead atoms. The van der Waals surface area contributed by atoms with Gasteiger partial charge in [0.2, 0.25) is 0 Å². The molecule has 2 unspecified atom stereocenters. The number of urea groups is 1. The van der Waals surface area contributed by atoms with Gasteiger partial charge in [0.1, 0.15) is 0 Å². The van der Waals surface area contributed by atoms with E-state index in [-0.39, 0.29) is 23.9 Å². The van der Waals surface area contributed by atoms with Gasteiger partial charge in [0.15, 0.2) is 5.65 Å². The van der Waals surface area contributed by atoms with Crippen LogP contribution in [-0.4, -0.2) is 57.2 Å². The minimum atomic E-state index is -0.434. The van der Waals surface area contributed by atoms with Crippen LogP contribution in [0, 0.1) is 13.8 Å². The molecule has 0 spiro atoms. The van der Waals surface area contributed by atoms with E-state index < -0.39 is 6.03 Å². The molecule has 1 aliphatic rings. The molecule has 0 aliphatic carbocycles. The SMILES string of the molecule is CCC(c1ccc(C)c(C)c1)C(C)NC(=O)c1cnc2[nH]ncc2c1N[C@H]1CCN(C(N)=O)C1. The van der Waals surface area contributed by atoms with Gasteiger partial charge in [0, 0.05) is 37.3 Å². The predicted molar refractivity (Wildman–Crippen MR) is 133 cm³/mol. The fourth-order valence-corrected chi connectivity index (χ4v) is 4.77. The molecule has 0 saturated carbocycles. The van der Waals surface area contributed by atoms with Crippen molar-refractivity contribution in [2.75, 3.05) is 18.4 Å². The molecular formula is C25H33N7O2. The molecule has 2 aromatic heterocycles. The fraction of sp³-hybridized carbons (Fsp3) is 0.440. The molecule has 9 nitrogen and oxygen atoms in total. The summed E-state index contributed by atoms with van der Waals surface area (Å²) in [6.07, 6.45) is 4.88. The number of carbonyl (C=O) groups excluding carboxylic acids is 2. The van der Waals surface area contributed by atoms with Gasteiger partial charge in [-0.25, -0.2) is 9.78 Å². The van der Waals surface area contributed by atoms with Crippen LogP contribution in [0.3, 0.4) is 0 Å². The lowest BCUT2D eigenvalue weighted by atomic mass is 9.88. The van der Waals surface area contributed by atoms with Crippen molar-refractivity contribution < 1.29 is 9.59 Å². The van der Waals surface area contributed by atoms with Crippen molar-refractivity contribution in [2.24, 2.45) is 5.73 Å². The number of H-pyrrole nitrogens is 1. The van der Waals surface area contributed by atoms with Gasteiger partial charge in [-0.15, -0.1) is 0 Å². The molecule has 5 N–H and O–H groups in total. The Kier molecular flexibility index (Phi) is 6.72. The van der Waals surface area contributed by atoms with Crippen LogP contribution in [0.15, 0.2) is 30.6 Å². The van der Waals surface area contributed by atoms with Gasteiger partial charge in [-0.1, -0.05) is 25.1 Å². The zero-order chi connectivity index (χ0) is 24.4. The number of pyridine rings is 1. The molecule has 1 aliphatic heterocycles. The maximum atomic E-state index is 13.5. The summed E-state index contributed by atoms with van der Waals surface area (Å²) in [4.78, 5) is 31.0. The van der Waals surface area contributed by atoms with Crippen LogP contribution in [0.1, 0.15) is 59.7 Å². The second kappa shape index (κ2) is 9.70. The third-order valence-corrected chi connectivity index (χ3v) is 6.93. The van der Waals surface area contributed by atoms with Crippen LogP contribution >= 0.6 is 0 Å². The first kappa shape index (κ1) is 23.5. The third-order valence-electron chi connectivity index (χ3n) is 6.93. The summed E-state index contributed by atoms with van der Waals surface area (Å²) in [7, 11) is 0. The monoisotopic (exact) mass is 463 g/mol. The fourth-order valence-electron chi connectivity index (χ4n) is 4.77. The number of likely N-dealkylation sites (tertiary alicyclic amines) is 1. The number of rotatable bonds is 7. The summed E-state index contributed by atoms with van der Waals surface area (Å²) in [5.74, 6) is -0.0122. The first-order valence-electron chi connectivity index (χ1n) is 11.8. The number of benzene rings is 1. The Balaban J connectivity index is 1.57. The number of nitrogens with zero attached hydrogens (tertiary/aromatic N) is 3. The molecule has 1 fully saturated rings. The predicted octanol–water partition coefficient (Wildman–Crippen LogP) is 3.45. The Morgan fingerprint density at radius 1 is 1.26 bits per heavy atom. The topological polar surface area (TPSA) is 129 Å². The zero-order valence-electron chi connectivity index (χ0n) is 20.2. The van der Waals surface area contributed by atoms with Crippen LogP contribution in [0.2, 0.25) is 0 Å². The van der Waals surface area contributed by atoms with Crippen molar-refractivity contribution in [1.29, 1.82) is 0 Å². The number of nitrogens with one attached hydrogen (secondary N) is 3. The first-order chi connectivity index (χ1) is 16.3. The Hall–Kier alpha value is -3.62. The Bertz CT molecular complexity index is 1210. The van der Waals surface area contributed by atoms with Gasteiger partial charge in [0.05, 0.1) is 22.8 Å². The lowest BCUT2D eigenvalue weighted by molar-refractivity contribution is 0.0934. The lowest BCUT2D eigenvalue weighted by Crippen LogP contribution is -2.38. The molecule has 1 aromatic carbocycles. The highest BCUT2D eigenvalue weighted by Gasteiger charge is 2.28. The van der Waals surface area contributed by atoms with Gasteiger partial charge >= 0.3 is 6.03 Å². The first-order valence-corrected chi connectivity index (χ1v) is 11.8. The van der Waals surface area contributed by atoms with E-state index in [2.05, 4.69) is 64.8 Å². The molecule has 34 heavy (non-hydrogen) atoms. The second-order valence-electron chi connectivity index (χ2n) is 9.21. The molecule has 180 valence electrons. The number of aromatic amines is 1. The van der Waals surface area contributed by atoms with Gasteiger partial charge in [-0.3, -0.25) is 9.89 Å². The molecule has 3 atom stereocenters. The highest BCUT2D eigenvalue weighted by Crippen LogP contribution is 2.29. The maximum Gasteiger partial charge on any atom is 0.314 e. The quantitative estimate of drug-likeness (QED) is 0.426.